The van der Waals surface area contributed by atoms with E-state index in [9.17, 15) is 9.59 Å². The quantitative estimate of drug-likeness (QED) is 0.574. The Morgan fingerprint density at radius 2 is 1.96 bits per heavy atom. The lowest BCUT2D eigenvalue weighted by molar-refractivity contribution is -0.116. The first-order chi connectivity index (χ1) is 12.0. The topological polar surface area (TPSA) is 50.3 Å². The first kappa shape index (κ1) is 18.1. The van der Waals surface area contributed by atoms with Gasteiger partial charge in [0.05, 0.1) is 22.5 Å². The molecule has 0 unspecified atom stereocenters. The van der Waals surface area contributed by atoms with E-state index in [-0.39, 0.29) is 16.8 Å². The van der Waals surface area contributed by atoms with E-state index in [4.69, 9.17) is 0 Å². The van der Waals surface area contributed by atoms with E-state index in [1.807, 2.05) is 48.5 Å². The number of amides is 1. The van der Waals surface area contributed by atoms with Gasteiger partial charge in [0.2, 0.25) is 5.91 Å². The highest BCUT2D eigenvalue weighted by Crippen LogP contribution is 2.32. The van der Waals surface area contributed by atoms with Crippen molar-refractivity contribution in [3.05, 3.63) is 58.6 Å². The number of carbonyl (C=O) groups excluding carboxylic acids is 2. The molecule has 7 heteroatoms. The number of aromatic nitrogens is 1. The Kier molecular flexibility index (Phi) is 5.88. The largest absolute Gasteiger partial charge is 0.288 e. The minimum Gasteiger partial charge on any atom is -0.288 e. The van der Waals surface area contributed by atoms with Crippen LogP contribution in [0.3, 0.4) is 0 Å². The molecule has 1 heterocycles. The molecule has 0 aliphatic rings. The first-order valence-corrected chi connectivity index (χ1v) is 10.2. The molecule has 3 rings (SSSR count). The molecule has 0 saturated carbocycles. The standard InChI is InChI=1S/C18H15BrN2O2S2/c1-12(22)24-11-17(23)21(10-13-5-3-2-4-6-13)18-20-15-8-7-14(19)9-16(15)25-18/h2-9H,10-11H2,1H3. The van der Waals surface area contributed by atoms with Gasteiger partial charge in [0.15, 0.2) is 10.2 Å². The Bertz CT molecular complexity index is 912. The van der Waals surface area contributed by atoms with E-state index in [2.05, 4.69) is 20.9 Å². The monoisotopic (exact) mass is 434 g/mol. The molecule has 25 heavy (non-hydrogen) atoms. The van der Waals surface area contributed by atoms with Crippen molar-refractivity contribution in [1.82, 2.24) is 4.98 Å². The summed E-state index contributed by atoms with van der Waals surface area (Å²) in [7, 11) is 0. The van der Waals surface area contributed by atoms with E-state index in [0.29, 0.717) is 11.7 Å². The number of rotatable bonds is 5. The molecule has 1 amide bonds. The predicted octanol–water partition coefficient (Wildman–Crippen LogP) is 4.87. The van der Waals surface area contributed by atoms with E-state index in [1.54, 1.807) is 4.90 Å². The molecule has 0 bridgehead atoms. The summed E-state index contributed by atoms with van der Waals surface area (Å²) in [4.78, 5) is 30.2. The number of benzene rings is 2. The minimum atomic E-state index is -0.123. The number of hydrogen-bond acceptors (Lipinski definition) is 5. The number of hydrogen-bond donors (Lipinski definition) is 0. The Morgan fingerprint density at radius 1 is 1.20 bits per heavy atom. The van der Waals surface area contributed by atoms with Gasteiger partial charge in [0.25, 0.3) is 0 Å². The summed E-state index contributed by atoms with van der Waals surface area (Å²) >= 11 is 5.95. The number of carbonyl (C=O) groups is 2. The normalized spacial score (nSPS) is 10.8. The van der Waals surface area contributed by atoms with E-state index in [0.717, 1.165) is 32.0 Å². The zero-order valence-electron chi connectivity index (χ0n) is 13.4. The average molecular weight is 435 g/mol. The first-order valence-electron chi connectivity index (χ1n) is 7.56. The van der Waals surface area contributed by atoms with Crippen molar-refractivity contribution in [1.29, 1.82) is 0 Å². The Hall–Kier alpha value is -1.70. The van der Waals surface area contributed by atoms with Gasteiger partial charge in [-0.15, -0.1) is 0 Å². The van der Waals surface area contributed by atoms with Gasteiger partial charge in [-0.3, -0.25) is 14.5 Å². The highest BCUT2D eigenvalue weighted by atomic mass is 79.9. The zero-order chi connectivity index (χ0) is 17.8. The molecule has 0 spiro atoms. The average Bonchev–Trinajstić information content (AvgIpc) is 3.01. The van der Waals surface area contributed by atoms with E-state index >= 15 is 0 Å². The number of halogens is 1. The zero-order valence-corrected chi connectivity index (χ0v) is 16.7. The van der Waals surface area contributed by atoms with Crippen molar-refractivity contribution in [2.45, 2.75) is 13.5 Å². The molecule has 0 aliphatic heterocycles. The molecule has 3 aromatic rings. The maximum absolute atomic E-state index is 12.7. The van der Waals surface area contributed by atoms with Crippen LogP contribution in [0, 0.1) is 0 Å². The molecule has 1 aromatic heterocycles. The molecule has 4 nitrogen and oxygen atoms in total. The van der Waals surface area contributed by atoms with Crippen LogP contribution in [0.1, 0.15) is 12.5 Å². The number of thioether (sulfide) groups is 1. The van der Waals surface area contributed by atoms with Crippen LogP contribution in [0.4, 0.5) is 5.13 Å². The van der Waals surface area contributed by atoms with Crippen LogP contribution in [0.25, 0.3) is 10.2 Å². The lowest BCUT2D eigenvalue weighted by Gasteiger charge is -2.19. The number of fused-ring (bicyclic) bond motifs is 1. The molecular formula is C18H15BrN2O2S2. The third-order valence-electron chi connectivity index (χ3n) is 3.45. The maximum atomic E-state index is 12.7. The summed E-state index contributed by atoms with van der Waals surface area (Å²) in [5.74, 6) is -0.0101. The van der Waals surface area contributed by atoms with Gasteiger partial charge in [-0.2, -0.15) is 0 Å². The van der Waals surface area contributed by atoms with Gasteiger partial charge in [-0.1, -0.05) is 69.4 Å². The summed E-state index contributed by atoms with van der Waals surface area (Å²) in [6.07, 6.45) is 0. The number of thiazole rings is 1. The second-order valence-electron chi connectivity index (χ2n) is 5.35. The number of anilines is 1. The van der Waals surface area contributed by atoms with Gasteiger partial charge in [0.1, 0.15) is 0 Å². The summed E-state index contributed by atoms with van der Waals surface area (Å²) in [5, 5.41) is 0.576. The summed E-state index contributed by atoms with van der Waals surface area (Å²) in [6, 6.07) is 15.6. The predicted molar refractivity (Wildman–Crippen MR) is 108 cm³/mol. The highest BCUT2D eigenvalue weighted by molar-refractivity contribution is 9.10. The maximum Gasteiger partial charge on any atom is 0.239 e. The van der Waals surface area contributed by atoms with Gasteiger partial charge < -0.3 is 0 Å². The molecule has 0 radical (unpaired) electrons. The fourth-order valence-corrected chi connectivity index (χ4v) is 4.29. The molecule has 0 atom stereocenters. The Labute approximate surface area is 162 Å². The van der Waals surface area contributed by atoms with Crippen molar-refractivity contribution >= 4 is 65.4 Å². The molecule has 2 aromatic carbocycles. The van der Waals surface area contributed by atoms with Crippen LogP contribution in [-0.2, 0) is 16.1 Å². The van der Waals surface area contributed by atoms with Crippen molar-refractivity contribution in [3.63, 3.8) is 0 Å². The van der Waals surface area contributed by atoms with Crippen molar-refractivity contribution in [3.8, 4) is 0 Å². The van der Waals surface area contributed by atoms with Crippen LogP contribution in [0.15, 0.2) is 53.0 Å². The molecule has 128 valence electrons. The molecule has 0 saturated heterocycles. The Morgan fingerprint density at radius 3 is 2.68 bits per heavy atom. The lowest BCUT2D eigenvalue weighted by atomic mass is 10.2. The second-order valence-corrected chi connectivity index (χ2v) is 8.43. The van der Waals surface area contributed by atoms with Gasteiger partial charge in [-0.05, 0) is 23.8 Å². The number of nitrogens with zero attached hydrogens (tertiary/aromatic N) is 2. The van der Waals surface area contributed by atoms with Gasteiger partial charge in [-0.25, -0.2) is 4.98 Å². The van der Waals surface area contributed by atoms with E-state index < -0.39 is 0 Å². The van der Waals surface area contributed by atoms with Crippen molar-refractivity contribution in [2.75, 3.05) is 10.7 Å². The molecule has 0 N–H and O–H groups in total. The Balaban J connectivity index is 1.93. The highest BCUT2D eigenvalue weighted by Gasteiger charge is 2.20. The van der Waals surface area contributed by atoms with Crippen molar-refractivity contribution in [2.24, 2.45) is 0 Å². The smallest absolute Gasteiger partial charge is 0.239 e. The molecular weight excluding hydrogens is 420 g/mol. The molecule has 0 fully saturated rings. The third kappa shape index (κ3) is 4.68. The van der Waals surface area contributed by atoms with Crippen LogP contribution in [0.2, 0.25) is 0 Å². The molecule has 0 aliphatic carbocycles. The van der Waals surface area contributed by atoms with Gasteiger partial charge >= 0.3 is 0 Å². The van der Waals surface area contributed by atoms with Gasteiger partial charge in [0, 0.05) is 11.4 Å². The summed E-state index contributed by atoms with van der Waals surface area (Å²) in [6.45, 7) is 1.90. The minimum absolute atomic E-state index is 0.0683. The van der Waals surface area contributed by atoms with E-state index in [1.165, 1.54) is 18.3 Å². The summed E-state index contributed by atoms with van der Waals surface area (Å²) in [5.41, 5.74) is 1.87. The lowest BCUT2D eigenvalue weighted by Crippen LogP contribution is -2.32. The fraction of sp³-hybridized carbons (Fsp3) is 0.167. The third-order valence-corrected chi connectivity index (χ3v) is 5.79. The van der Waals surface area contributed by atoms with Crippen LogP contribution in [-0.4, -0.2) is 21.8 Å². The fourth-order valence-electron chi connectivity index (χ4n) is 2.27. The second kappa shape index (κ2) is 8.12. The SMILES string of the molecule is CC(=O)SCC(=O)N(Cc1ccccc1)c1nc2ccc(Br)cc2s1. The van der Waals surface area contributed by atoms with Crippen molar-refractivity contribution < 1.29 is 9.59 Å². The van der Waals surface area contributed by atoms with Crippen LogP contribution in [0.5, 0.6) is 0 Å². The van der Waals surface area contributed by atoms with Crippen LogP contribution >= 0.6 is 39.0 Å². The summed E-state index contributed by atoms with van der Waals surface area (Å²) < 4.78 is 1.98. The van der Waals surface area contributed by atoms with Crippen LogP contribution < -0.4 is 4.90 Å².